The first-order valence-corrected chi connectivity index (χ1v) is 7.61. The molecule has 1 aliphatic heterocycles. The summed E-state index contributed by atoms with van der Waals surface area (Å²) in [5.41, 5.74) is -0.00958. The van der Waals surface area contributed by atoms with Crippen molar-refractivity contribution in [1.29, 1.82) is 0 Å². The lowest BCUT2D eigenvalue weighted by molar-refractivity contribution is -0.129. The second-order valence-corrected chi connectivity index (χ2v) is 5.37. The summed E-state index contributed by atoms with van der Waals surface area (Å²) in [5, 5.41) is 3.52. The van der Waals surface area contributed by atoms with E-state index in [9.17, 15) is 0 Å². The van der Waals surface area contributed by atoms with E-state index in [0.29, 0.717) is 6.04 Å². The van der Waals surface area contributed by atoms with Gasteiger partial charge in [0.25, 0.3) is 0 Å². The molecular formula is C15H31NO2. The molecule has 1 atom stereocenters. The van der Waals surface area contributed by atoms with Crippen LogP contribution in [0.3, 0.4) is 0 Å². The Morgan fingerprint density at radius 2 is 1.78 bits per heavy atom. The highest BCUT2D eigenvalue weighted by atomic mass is 16.5. The molecule has 1 unspecified atom stereocenters. The van der Waals surface area contributed by atoms with Crippen LogP contribution in [0.15, 0.2) is 0 Å². The van der Waals surface area contributed by atoms with E-state index in [4.69, 9.17) is 9.47 Å². The summed E-state index contributed by atoms with van der Waals surface area (Å²) >= 11 is 0. The Bertz CT molecular complexity index is 205. The Labute approximate surface area is 113 Å². The van der Waals surface area contributed by atoms with Gasteiger partial charge in [-0.05, 0) is 26.3 Å². The molecule has 0 amide bonds. The third-order valence-electron chi connectivity index (χ3n) is 4.48. The van der Waals surface area contributed by atoms with Crippen molar-refractivity contribution < 1.29 is 9.47 Å². The van der Waals surface area contributed by atoms with Crippen molar-refractivity contribution in [3.05, 3.63) is 0 Å². The fraction of sp³-hybridized carbons (Fsp3) is 1.00. The number of hydrogen-bond donors (Lipinski definition) is 1. The minimum Gasteiger partial charge on any atom is -0.381 e. The minimum atomic E-state index is -0.00958. The summed E-state index contributed by atoms with van der Waals surface area (Å²) in [4.78, 5) is 0. The van der Waals surface area contributed by atoms with Crippen molar-refractivity contribution >= 4 is 0 Å². The van der Waals surface area contributed by atoms with Crippen molar-refractivity contribution in [2.24, 2.45) is 5.92 Å². The van der Waals surface area contributed by atoms with E-state index in [1.54, 1.807) is 0 Å². The average Bonchev–Trinajstić information content (AvgIpc) is 2.41. The molecule has 0 aromatic rings. The van der Waals surface area contributed by atoms with Gasteiger partial charge in [-0.15, -0.1) is 0 Å². The average molecular weight is 257 g/mol. The SMILES string of the molecule is CCOC1(C(CC(CC)CC)NC)CCOCC1. The lowest BCUT2D eigenvalue weighted by Gasteiger charge is -2.44. The van der Waals surface area contributed by atoms with Crippen LogP contribution in [0.1, 0.15) is 52.9 Å². The first-order valence-electron chi connectivity index (χ1n) is 7.61. The summed E-state index contributed by atoms with van der Waals surface area (Å²) in [5.74, 6) is 0.794. The van der Waals surface area contributed by atoms with E-state index >= 15 is 0 Å². The molecule has 108 valence electrons. The van der Waals surface area contributed by atoms with Crippen LogP contribution >= 0.6 is 0 Å². The summed E-state index contributed by atoms with van der Waals surface area (Å²) < 4.78 is 11.7. The molecule has 3 heteroatoms. The quantitative estimate of drug-likeness (QED) is 0.725. The number of hydrogen-bond acceptors (Lipinski definition) is 3. The molecule has 1 heterocycles. The Morgan fingerprint density at radius 1 is 1.17 bits per heavy atom. The summed E-state index contributed by atoms with van der Waals surface area (Å²) in [6, 6.07) is 0.450. The molecule has 3 nitrogen and oxygen atoms in total. The zero-order chi connectivity index (χ0) is 13.4. The summed E-state index contributed by atoms with van der Waals surface area (Å²) in [6.45, 7) is 9.14. The van der Waals surface area contributed by atoms with Gasteiger partial charge in [0.15, 0.2) is 0 Å². The van der Waals surface area contributed by atoms with Gasteiger partial charge in [0.05, 0.1) is 5.60 Å². The van der Waals surface area contributed by atoms with Gasteiger partial charge < -0.3 is 14.8 Å². The molecule has 0 aromatic carbocycles. The fourth-order valence-corrected chi connectivity index (χ4v) is 3.15. The fourth-order valence-electron chi connectivity index (χ4n) is 3.15. The highest BCUT2D eigenvalue weighted by Gasteiger charge is 2.40. The predicted octanol–water partition coefficient (Wildman–Crippen LogP) is 2.99. The van der Waals surface area contributed by atoms with Crippen LogP contribution in [0.2, 0.25) is 0 Å². The summed E-state index contributed by atoms with van der Waals surface area (Å²) in [6.07, 6.45) is 5.77. The lowest BCUT2D eigenvalue weighted by atomic mass is 9.80. The van der Waals surface area contributed by atoms with E-state index in [1.165, 1.54) is 19.3 Å². The van der Waals surface area contributed by atoms with E-state index < -0.39 is 0 Å². The first-order chi connectivity index (χ1) is 8.72. The molecule has 1 N–H and O–H groups in total. The molecule has 0 aliphatic carbocycles. The molecule has 1 aliphatic rings. The highest BCUT2D eigenvalue weighted by Crippen LogP contribution is 2.33. The molecule has 0 aromatic heterocycles. The molecule has 0 radical (unpaired) electrons. The van der Waals surface area contributed by atoms with E-state index in [1.807, 2.05) is 0 Å². The van der Waals surface area contributed by atoms with E-state index in [2.05, 4.69) is 33.1 Å². The van der Waals surface area contributed by atoms with Crippen molar-refractivity contribution in [2.45, 2.75) is 64.5 Å². The van der Waals surface area contributed by atoms with Crippen LogP contribution in [0, 0.1) is 5.92 Å². The highest BCUT2D eigenvalue weighted by molar-refractivity contribution is 4.95. The second-order valence-electron chi connectivity index (χ2n) is 5.37. The predicted molar refractivity (Wildman–Crippen MR) is 75.9 cm³/mol. The van der Waals surface area contributed by atoms with Gasteiger partial charge >= 0.3 is 0 Å². The first kappa shape index (κ1) is 15.9. The molecular weight excluding hydrogens is 226 g/mol. The number of ether oxygens (including phenoxy) is 2. The van der Waals surface area contributed by atoms with Crippen molar-refractivity contribution in [1.82, 2.24) is 5.32 Å². The zero-order valence-electron chi connectivity index (χ0n) is 12.6. The van der Waals surface area contributed by atoms with Crippen LogP contribution in [-0.2, 0) is 9.47 Å². The standard InChI is InChI=1S/C15H31NO2/c1-5-13(6-2)12-14(16-4)15(18-7-3)8-10-17-11-9-15/h13-14,16H,5-12H2,1-4H3. The van der Waals surface area contributed by atoms with Gasteiger partial charge in [0, 0.05) is 38.7 Å². The molecule has 0 bridgehead atoms. The van der Waals surface area contributed by atoms with Gasteiger partial charge in [-0.1, -0.05) is 26.7 Å². The number of likely N-dealkylation sites (N-methyl/N-ethyl adjacent to an activating group) is 1. The van der Waals surface area contributed by atoms with Crippen LogP contribution in [0.25, 0.3) is 0 Å². The van der Waals surface area contributed by atoms with Gasteiger partial charge in [0.2, 0.25) is 0 Å². The zero-order valence-corrected chi connectivity index (χ0v) is 12.6. The molecule has 1 saturated heterocycles. The number of rotatable bonds is 8. The van der Waals surface area contributed by atoms with Crippen LogP contribution in [0.5, 0.6) is 0 Å². The maximum Gasteiger partial charge on any atom is 0.0878 e. The summed E-state index contributed by atoms with van der Waals surface area (Å²) in [7, 11) is 2.07. The Balaban J connectivity index is 2.72. The third-order valence-corrected chi connectivity index (χ3v) is 4.48. The molecule has 1 fully saturated rings. The smallest absolute Gasteiger partial charge is 0.0878 e. The Hall–Kier alpha value is -0.120. The van der Waals surface area contributed by atoms with Crippen LogP contribution in [-0.4, -0.2) is 38.5 Å². The van der Waals surface area contributed by atoms with Crippen molar-refractivity contribution in [3.63, 3.8) is 0 Å². The van der Waals surface area contributed by atoms with Crippen molar-refractivity contribution in [2.75, 3.05) is 26.9 Å². The topological polar surface area (TPSA) is 30.5 Å². The molecule has 1 rings (SSSR count). The lowest BCUT2D eigenvalue weighted by Crippen LogP contribution is -2.55. The van der Waals surface area contributed by atoms with Gasteiger partial charge in [-0.2, -0.15) is 0 Å². The molecule has 0 saturated carbocycles. The minimum absolute atomic E-state index is 0.00958. The number of nitrogens with one attached hydrogen (secondary N) is 1. The molecule has 0 spiro atoms. The van der Waals surface area contributed by atoms with E-state index in [0.717, 1.165) is 38.6 Å². The Morgan fingerprint density at radius 3 is 2.22 bits per heavy atom. The third kappa shape index (κ3) is 3.94. The van der Waals surface area contributed by atoms with Crippen molar-refractivity contribution in [3.8, 4) is 0 Å². The van der Waals surface area contributed by atoms with Crippen LogP contribution in [0.4, 0.5) is 0 Å². The maximum absolute atomic E-state index is 6.17. The second kappa shape index (κ2) is 8.13. The normalized spacial score (nSPS) is 21.2. The molecule has 18 heavy (non-hydrogen) atoms. The van der Waals surface area contributed by atoms with Gasteiger partial charge in [0.1, 0.15) is 0 Å². The Kier molecular flexibility index (Phi) is 7.20. The van der Waals surface area contributed by atoms with Gasteiger partial charge in [-0.3, -0.25) is 0 Å². The largest absolute Gasteiger partial charge is 0.381 e. The monoisotopic (exact) mass is 257 g/mol. The van der Waals surface area contributed by atoms with Gasteiger partial charge in [-0.25, -0.2) is 0 Å². The van der Waals surface area contributed by atoms with E-state index in [-0.39, 0.29) is 5.60 Å². The maximum atomic E-state index is 6.17. The van der Waals surface area contributed by atoms with Crippen LogP contribution < -0.4 is 5.32 Å².